The minimum Gasteiger partial charge on any atom is -0.467 e. The van der Waals surface area contributed by atoms with Crippen LogP contribution in [0.2, 0.25) is 5.02 Å². The largest absolute Gasteiger partial charge is 0.467 e. The Kier molecular flexibility index (Phi) is 5.10. The molecular formula is C22H17ClO4. The van der Waals surface area contributed by atoms with Crippen LogP contribution >= 0.6 is 11.6 Å². The fraction of sp³-hybridized carbons (Fsp3) is 0.136. The number of carbonyl (C=O) groups is 1. The fourth-order valence-electron chi connectivity index (χ4n) is 3.02. The fourth-order valence-corrected chi connectivity index (χ4v) is 3.28. The molecular weight excluding hydrogens is 364 g/mol. The average Bonchev–Trinajstić information content (AvgIpc) is 2.72. The van der Waals surface area contributed by atoms with Gasteiger partial charge >= 0.3 is 5.97 Å². The molecule has 0 bridgehead atoms. The molecule has 0 aliphatic carbocycles. The molecule has 4 rings (SSSR count). The molecule has 5 heteroatoms. The molecule has 4 nitrogen and oxygen atoms in total. The molecule has 1 aliphatic rings. The van der Waals surface area contributed by atoms with E-state index in [0.29, 0.717) is 22.9 Å². The number of hydrogen-bond donors (Lipinski definition) is 0. The third-order valence-electron chi connectivity index (χ3n) is 4.34. The first kappa shape index (κ1) is 17.6. The lowest BCUT2D eigenvalue weighted by molar-refractivity contribution is -0.0180. The van der Waals surface area contributed by atoms with Crippen LogP contribution in [0.5, 0.6) is 5.75 Å². The van der Waals surface area contributed by atoms with Crippen LogP contribution in [-0.2, 0) is 22.7 Å². The van der Waals surface area contributed by atoms with Crippen LogP contribution in [0.1, 0.15) is 21.5 Å². The second kappa shape index (κ2) is 7.82. The Labute approximate surface area is 162 Å². The molecule has 0 amide bonds. The molecule has 0 N–H and O–H groups in total. The van der Waals surface area contributed by atoms with Crippen molar-refractivity contribution in [2.24, 2.45) is 0 Å². The number of esters is 1. The van der Waals surface area contributed by atoms with Crippen LogP contribution in [0.25, 0.3) is 11.1 Å². The summed E-state index contributed by atoms with van der Waals surface area (Å²) in [6.45, 7) is 0.691. The highest BCUT2D eigenvalue weighted by Crippen LogP contribution is 2.32. The summed E-state index contributed by atoms with van der Waals surface area (Å²) in [7, 11) is 0. The second-order valence-corrected chi connectivity index (χ2v) is 6.62. The number of carbonyl (C=O) groups excluding carboxylic acids is 1. The van der Waals surface area contributed by atoms with Crippen molar-refractivity contribution in [3.8, 4) is 16.9 Å². The third-order valence-corrected chi connectivity index (χ3v) is 4.56. The van der Waals surface area contributed by atoms with E-state index in [2.05, 4.69) is 0 Å². The van der Waals surface area contributed by atoms with Crippen molar-refractivity contribution in [1.82, 2.24) is 0 Å². The highest BCUT2D eigenvalue weighted by molar-refractivity contribution is 6.30. The Morgan fingerprint density at radius 1 is 1.00 bits per heavy atom. The first-order valence-electron chi connectivity index (χ1n) is 8.55. The summed E-state index contributed by atoms with van der Waals surface area (Å²) in [5, 5.41) is 0.557. The van der Waals surface area contributed by atoms with Crippen molar-refractivity contribution >= 4 is 17.6 Å². The predicted octanol–water partition coefficient (Wildman–Crippen LogP) is 5.23. The summed E-state index contributed by atoms with van der Waals surface area (Å²) >= 11 is 6.14. The lowest BCUT2D eigenvalue weighted by atomic mass is 10.0. The maximum atomic E-state index is 12.4. The van der Waals surface area contributed by atoms with E-state index in [1.165, 1.54) is 0 Å². The molecule has 1 aliphatic heterocycles. The summed E-state index contributed by atoms with van der Waals surface area (Å²) in [5.41, 5.74) is 4.23. The Balaban J connectivity index is 1.46. The summed E-state index contributed by atoms with van der Waals surface area (Å²) in [4.78, 5) is 12.4. The van der Waals surface area contributed by atoms with Gasteiger partial charge in [0, 0.05) is 16.1 Å². The summed E-state index contributed by atoms with van der Waals surface area (Å²) in [5.74, 6) is 0.285. The summed E-state index contributed by atoms with van der Waals surface area (Å²) in [6.07, 6.45) is 0. The zero-order valence-electron chi connectivity index (χ0n) is 14.5. The van der Waals surface area contributed by atoms with E-state index in [1.54, 1.807) is 24.3 Å². The van der Waals surface area contributed by atoms with Gasteiger partial charge in [-0.3, -0.25) is 0 Å². The molecule has 3 aromatic rings. The van der Waals surface area contributed by atoms with Crippen molar-refractivity contribution in [3.05, 3.63) is 88.4 Å². The van der Waals surface area contributed by atoms with Gasteiger partial charge in [0.05, 0.1) is 12.2 Å². The molecule has 0 saturated heterocycles. The molecule has 0 aromatic heterocycles. The van der Waals surface area contributed by atoms with Gasteiger partial charge in [-0.25, -0.2) is 4.79 Å². The molecule has 3 aromatic carbocycles. The quantitative estimate of drug-likeness (QED) is 0.581. The van der Waals surface area contributed by atoms with Crippen LogP contribution in [-0.4, -0.2) is 12.8 Å². The first-order valence-corrected chi connectivity index (χ1v) is 8.93. The molecule has 0 radical (unpaired) electrons. The number of halogens is 1. The van der Waals surface area contributed by atoms with E-state index in [4.69, 9.17) is 25.8 Å². The zero-order valence-corrected chi connectivity index (χ0v) is 15.2. The van der Waals surface area contributed by atoms with Gasteiger partial charge in [0.1, 0.15) is 12.4 Å². The maximum absolute atomic E-state index is 12.4. The van der Waals surface area contributed by atoms with Gasteiger partial charge < -0.3 is 14.2 Å². The SMILES string of the molecule is O=C(OCc1cc(Cl)cc2c1OCOC2)c1ccc(-c2ccccc2)cc1. The number of hydrogen-bond acceptors (Lipinski definition) is 4. The molecule has 136 valence electrons. The van der Waals surface area contributed by atoms with Gasteiger partial charge in [-0.15, -0.1) is 0 Å². The Morgan fingerprint density at radius 3 is 2.52 bits per heavy atom. The normalized spacial score (nSPS) is 12.8. The molecule has 0 atom stereocenters. The summed E-state index contributed by atoms with van der Waals surface area (Å²) < 4.78 is 16.3. The number of ether oxygens (including phenoxy) is 3. The lowest BCUT2D eigenvalue weighted by Gasteiger charge is -2.21. The third kappa shape index (κ3) is 3.97. The Hall–Kier alpha value is -2.82. The minimum atomic E-state index is -0.393. The van der Waals surface area contributed by atoms with E-state index in [-0.39, 0.29) is 13.4 Å². The van der Waals surface area contributed by atoms with E-state index >= 15 is 0 Å². The number of fused-ring (bicyclic) bond motifs is 1. The van der Waals surface area contributed by atoms with Crippen molar-refractivity contribution in [2.45, 2.75) is 13.2 Å². The van der Waals surface area contributed by atoms with Crippen LogP contribution in [0.4, 0.5) is 0 Å². The first-order chi connectivity index (χ1) is 13.2. The van der Waals surface area contributed by atoms with E-state index in [0.717, 1.165) is 22.3 Å². The van der Waals surface area contributed by atoms with E-state index in [9.17, 15) is 4.79 Å². The van der Waals surface area contributed by atoms with Gasteiger partial charge in [-0.05, 0) is 35.4 Å². The Morgan fingerprint density at radius 2 is 1.74 bits per heavy atom. The average molecular weight is 381 g/mol. The molecule has 1 heterocycles. The van der Waals surface area contributed by atoms with Crippen molar-refractivity contribution in [1.29, 1.82) is 0 Å². The van der Waals surface area contributed by atoms with Crippen molar-refractivity contribution in [2.75, 3.05) is 6.79 Å². The smallest absolute Gasteiger partial charge is 0.338 e. The highest BCUT2D eigenvalue weighted by Gasteiger charge is 2.18. The Bertz CT molecular complexity index is 952. The molecule has 0 spiro atoms. The van der Waals surface area contributed by atoms with Crippen molar-refractivity contribution < 1.29 is 19.0 Å². The van der Waals surface area contributed by atoms with Gasteiger partial charge in [0.25, 0.3) is 0 Å². The predicted molar refractivity (Wildman–Crippen MR) is 103 cm³/mol. The molecule has 0 fully saturated rings. The van der Waals surface area contributed by atoms with Crippen LogP contribution < -0.4 is 4.74 Å². The minimum absolute atomic E-state index is 0.0855. The van der Waals surface area contributed by atoms with Crippen LogP contribution in [0, 0.1) is 0 Å². The maximum Gasteiger partial charge on any atom is 0.338 e. The number of benzene rings is 3. The standard InChI is InChI=1S/C22H17ClO4/c23-20-10-18-12-25-14-27-21(18)19(11-20)13-26-22(24)17-8-6-16(7-9-17)15-4-2-1-3-5-15/h1-11H,12-14H2. The van der Waals surface area contributed by atoms with E-state index < -0.39 is 5.97 Å². The monoisotopic (exact) mass is 380 g/mol. The van der Waals surface area contributed by atoms with Crippen LogP contribution in [0.15, 0.2) is 66.7 Å². The second-order valence-electron chi connectivity index (χ2n) is 6.18. The van der Waals surface area contributed by atoms with Gasteiger partial charge in [0.15, 0.2) is 6.79 Å². The van der Waals surface area contributed by atoms with Crippen LogP contribution in [0.3, 0.4) is 0 Å². The topological polar surface area (TPSA) is 44.8 Å². The highest BCUT2D eigenvalue weighted by atomic mass is 35.5. The van der Waals surface area contributed by atoms with Gasteiger partial charge in [-0.1, -0.05) is 54.1 Å². The van der Waals surface area contributed by atoms with Crippen molar-refractivity contribution in [3.63, 3.8) is 0 Å². The lowest BCUT2D eigenvalue weighted by Crippen LogP contribution is -2.14. The van der Waals surface area contributed by atoms with E-state index in [1.807, 2.05) is 42.5 Å². The molecule has 0 saturated carbocycles. The van der Waals surface area contributed by atoms with Gasteiger partial charge in [-0.2, -0.15) is 0 Å². The molecule has 27 heavy (non-hydrogen) atoms. The molecule has 0 unspecified atom stereocenters. The summed E-state index contributed by atoms with van der Waals surface area (Å²) in [6, 6.07) is 20.9. The number of rotatable bonds is 4. The zero-order chi connectivity index (χ0) is 18.6. The van der Waals surface area contributed by atoms with Gasteiger partial charge in [0.2, 0.25) is 0 Å².